The molecule has 1 amide bonds. The van der Waals surface area contributed by atoms with E-state index in [2.05, 4.69) is 46.5 Å². The monoisotopic (exact) mass is 598 g/mol. The summed E-state index contributed by atoms with van der Waals surface area (Å²) in [7, 11) is 0. The molecule has 6 rings (SSSR count). The van der Waals surface area contributed by atoms with E-state index < -0.39 is 5.82 Å². The largest absolute Gasteiger partial charge is 0.352 e. The van der Waals surface area contributed by atoms with Crippen molar-refractivity contribution in [3.63, 3.8) is 0 Å². The van der Waals surface area contributed by atoms with Crippen LogP contribution in [0.4, 0.5) is 14.7 Å². The predicted molar refractivity (Wildman–Crippen MR) is 148 cm³/mol. The number of nitrogens with zero attached hydrogens (tertiary/aromatic N) is 6. The van der Waals surface area contributed by atoms with Crippen LogP contribution >= 0.6 is 15.9 Å². The minimum Gasteiger partial charge on any atom is -0.352 e. The zero-order valence-electron chi connectivity index (χ0n) is 21.3. The molecule has 39 heavy (non-hydrogen) atoms. The van der Waals surface area contributed by atoms with Crippen LogP contribution < -0.4 is 10.6 Å². The van der Waals surface area contributed by atoms with Gasteiger partial charge < -0.3 is 10.6 Å². The molecule has 4 aromatic rings. The van der Waals surface area contributed by atoms with Crippen molar-refractivity contribution >= 4 is 49.7 Å². The molecule has 3 atom stereocenters. The minimum atomic E-state index is -0.436. The molecule has 1 aliphatic carbocycles. The fraction of sp³-hybridized carbons (Fsp3) is 0.444. The maximum absolute atomic E-state index is 14.8. The third-order valence-corrected chi connectivity index (χ3v) is 8.24. The highest BCUT2D eigenvalue weighted by Crippen LogP contribution is 2.30. The summed E-state index contributed by atoms with van der Waals surface area (Å²) in [5.74, 6) is -0.0255. The van der Waals surface area contributed by atoms with Crippen molar-refractivity contribution in [3.05, 3.63) is 47.1 Å². The lowest BCUT2D eigenvalue weighted by Gasteiger charge is -2.33. The summed E-state index contributed by atoms with van der Waals surface area (Å²) in [6.07, 6.45) is 7.42. The van der Waals surface area contributed by atoms with E-state index in [1.165, 1.54) is 6.07 Å². The first-order valence-electron chi connectivity index (χ1n) is 13.3. The second-order valence-corrected chi connectivity index (χ2v) is 11.1. The number of aromatic nitrogens is 5. The number of benzene rings is 1. The van der Waals surface area contributed by atoms with Crippen LogP contribution in [0.2, 0.25) is 0 Å². The van der Waals surface area contributed by atoms with Gasteiger partial charge in [0.2, 0.25) is 11.9 Å². The smallest absolute Gasteiger partial charge is 0.224 e. The molecule has 0 radical (unpaired) electrons. The Kier molecular flexibility index (Phi) is 7.39. The molecule has 1 saturated carbocycles. The molecule has 1 unspecified atom stereocenters. The maximum Gasteiger partial charge on any atom is 0.224 e. The minimum absolute atomic E-state index is 0.0524. The number of nitrogens with one attached hydrogen (secondary N) is 2. The van der Waals surface area contributed by atoms with Crippen LogP contribution in [0.1, 0.15) is 32.1 Å². The Hall–Kier alpha value is -3.25. The van der Waals surface area contributed by atoms with Crippen LogP contribution in [0.15, 0.2) is 41.3 Å². The van der Waals surface area contributed by atoms with Gasteiger partial charge in [-0.1, -0.05) is 6.07 Å². The first-order chi connectivity index (χ1) is 19.0. The summed E-state index contributed by atoms with van der Waals surface area (Å²) in [5.41, 5.74) is 1.36. The second kappa shape index (κ2) is 11.1. The summed E-state index contributed by atoms with van der Waals surface area (Å²) in [6, 6.07) is 6.91. The molecule has 1 aliphatic heterocycles. The van der Waals surface area contributed by atoms with Gasteiger partial charge in [-0.15, -0.1) is 0 Å². The number of carbonyl (C=O) groups is 1. The molecule has 2 N–H and O–H groups in total. The summed E-state index contributed by atoms with van der Waals surface area (Å²) < 4.78 is 29.7. The summed E-state index contributed by atoms with van der Waals surface area (Å²) in [5, 5.41) is 12.5. The number of amides is 1. The molecule has 0 bridgehead atoms. The molecule has 2 fully saturated rings. The molecule has 4 heterocycles. The van der Waals surface area contributed by atoms with Gasteiger partial charge in [-0.05, 0) is 66.7 Å². The molecular weight excluding hydrogens is 570 g/mol. The van der Waals surface area contributed by atoms with Gasteiger partial charge in [-0.3, -0.25) is 14.7 Å². The van der Waals surface area contributed by atoms with Crippen LogP contribution in [0, 0.1) is 11.7 Å². The molecule has 1 aromatic carbocycles. The molecule has 12 heteroatoms. The highest BCUT2D eigenvalue weighted by Gasteiger charge is 2.32. The van der Waals surface area contributed by atoms with Crippen LogP contribution in [-0.4, -0.2) is 73.9 Å². The Morgan fingerprint density at radius 1 is 1.18 bits per heavy atom. The van der Waals surface area contributed by atoms with Crippen molar-refractivity contribution < 1.29 is 13.6 Å². The molecule has 3 aromatic heterocycles. The lowest BCUT2D eigenvalue weighted by molar-refractivity contribution is -0.125. The Morgan fingerprint density at radius 2 is 2.08 bits per heavy atom. The number of pyridine rings is 1. The van der Waals surface area contributed by atoms with E-state index in [0.29, 0.717) is 57.7 Å². The fourth-order valence-electron chi connectivity index (χ4n) is 5.72. The number of alkyl halides is 1. The molecule has 0 spiro atoms. The Morgan fingerprint density at radius 3 is 2.95 bits per heavy atom. The SMILES string of the molecule is O=C(NC1CCCN(CCF)C1)[C@@H]1CC[C@@H](Nc2ncc3c(Br)nn(-c4cc(F)c5ncccc5c4)c3n2)C1. The molecule has 9 nitrogen and oxygen atoms in total. The van der Waals surface area contributed by atoms with Crippen molar-refractivity contribution in [2.24, 2.45) is 5.92 Å². The van der Waals surface area contributed by atoms with Gasteiger partial charge in [0.05, 0.1) is 11.1 Å². The number of likely N-dealkylation sites (tertiary alicyclic amines) is 1. The van der Waals surface area contributed by atoms with Gasteiger partial charge >= 0.3 is 0 Å². The molecular formula is C27H29BrF2N8O. The van der Waals surface area contributed by atoms with Crippen molar-refractivity contribution in [2.45, 2.75) is 44.2 Å². The molecule has 204 valence electrons. The van der Waals surface area contributed by atoms with Gasteiger partial charge in [0.15, 0.2) is 11.5 Å². The zero-order chi connectivity index (χ0) is 26.9. The van der Waals surface area contributed by atoms with E-state index in [1.807, 2.05) is 6.07 Å². The Bertz CT molecular complexity index is 1510. The topological polar surface area (TPSA) is 101 Å². The Balaban J connectivity index is 1.15. The predicted octanol–water partition coefficient (Wildman–Crippen LogP) is 4.40. The van der Waals surface area contributed by atoms with Gasteiger partial charge in [0.1, 0.15) is 16.8 Å². The first kappa shape index (κ1) is 26.0. The van der Waals surface area contributed by atoms with Gasteiger partial charge in [0.25, 0.3) is 0 Å². The van der Waals surface area contributed by atoms with E-state index in [4.69, 9.17) is 4.98 Å². The van der Waals surface area contributed by atoms with E-state index >= 15 is 0 Å². The average Bonchev–Trinajstić information content (AvgIpc) is 3.53. The second-order valence-electron chi connectivity index (χ2n) is 10.3. The van der Waals surface area contributed by atoms with Crippen LogP contribution in [0.5, 0.6) is 0 Å². The lowest BCUT2D eigenvalue weighted by atomic mass is 10.0. The first-order valence-corrected chi connectivity index (χ1v) is 14.1. The highest BCUT2D eigenvalue weighted by molar-refractivity contribution is 9.10. The van der Waals surface area contributed by atoms with Gasteiger partial charge in [0, 0.05) is 54.9 Å². The van der Waals surface area contributed by atoms with Crippen LogP contribution in [0.25, 0.3) is 27.6 Å². The number of hydrogen-bond acceptors (Lipinski definition) is 7. The normalized spacial score (nSPS) is 22.0. The van der Waals surface area contributed by atoms with Crippen LogP contribution in [-0.2, 0) is 4.79 Å². The highest BCUT2D eigenvalue weighted by atomic mass is 79.9. The third kappa shape index (κ3) is 5.44. The van der Waals surface area contributed by atoms with Gasteiger partial charge in [-0.2, -0.15) is 10.1 Å². The van der Waals surface area contributed by atoms with Crippen molar-refractivity contribution in [1.29, 1.82) is 0 Å². The van der Waals surface area contributed by atoms with E-state index in [9.17, 15) is 13.6 Å². The van der Waals surface area contributed by atoms with E-state index in [-0.39, 0.29) is 30.6 Å². The zero-order valence-corrected chi connectivity index (χ0v) is 22.9. The van der Waals surface area contributed by atoms with Crippen LogP contribution in [0.3, 0.4) is 0 Å². The number of piperidine rings is 1. The number of hydrogen-bond donors (Lipinski definition) is 2. The Labute approximate surface area is 232 Å². The number of carbonyl (C=O) groups excluding carboxylic acids is 1. The number of rotatable bonds is 7. The standard InChI is InChI=1S/C27H29BrF2N8O/c28-24-21-14-32-27(35-25(21)38(36-24)20-12-16-3-1-8-31-23(16)22(30)13-20)34-18-6-5-17(11-18)26(39)33-19-4-2-9-37(15-19)10-7-29/h1,3,8,12-14,17-19H,2,4-7,9-11,15H2,(H,33,39)(H,32,34,35)/t17-,18-,19?/m1/s1. The number of halogens is 3. The molecule has 1 saturated heterocycles. The van der Waals surface area contributed by atoms with Gasteiger partial charge in [-0.25, -0.2) is 18.4 Å². The fourth-order valence-corrected chi connectivity index (χ4v) is 6.16. The summed E-state index contributed by atoms with van der Waals surface area (Å²) in [6.45, 7) is 1.66. The third-order valence-electron chi connectivity index (χ3n) is 7.66. The summed E-state index contributed by atoms with van der Waals surface area (Å²) >= 11 is 3.47. The number of anilines is 1. The quantitative estimate of drug-likeness (QED) is 0.325. The van der Waals surface area contributed by atoms with Crippen molar-refractivity contribution in [2.75, 3.05) is 31.6 Å². The van der Waals surface area contributed by atoms with Crippen molar-refractivity contribution in [3.8, 4) is 5.69 Å². The van der Waals surface area contributed by atoms with E-state index in [0.717, 1.165) is 32.2 Å². The molecule has 2 aliphatic rings. The average molecular weight is 599 g/mol. The van der Waals surface area contributed by atoms with Crippen molar-refractivity contribution in [1.82, 2.24) is 34.9 Å². The summed E-state index contributed by atoms with van der Waals surface area (Å²) in [4.78, 5) is 28.3. The van der Waals surface area contributed by atoms with E-state index in [1.54, 1.807) is 29.2 Å². The maximum atomic E-state index is 14.8. The number of fused-ring (bicyclic) bond motifs is 2. The lowest BCUT2D eigenvalue weighted by Crippen LogP contribution is -2.49.